The van der Waals surface area contributed by atoms with Gasteiger partial charge in [-0.2, -0.15) is 5.10 Å². The van der Waals surface area contributed by atoms with Crippen molar-refractivity contribution in [2.45, 2.75) is 20.3 Å². The van der Waals surface area contributed by atoms with Crippen molar-refractivity contribution in [3.63, 3.8) is 0 Å². The quantitative estimate of drug-likeness (QED) is 0.420. The van der Waals surface area contributed by atoms with Gasteiger partial charge in [0.15, 0.2) is 5.11 Å². The van der Waals surface area contributed by atoms with Gasteiger partial charge in [-0.1, -0.05) is 0 Å². The van der Waals surface area contributed by atoms with Gasteiger partial charge in [0.2, 0.25) is 0 Å². The SMILES string of the molecule is CCNC(=S)N/N=C(/C)c1ccc(OC)c(CC(=O)O)c1. The van der Waals surface area contributed by atoms with Crippen LogP contribution < -0.4 is 15.5 Å². The monoisotopic (exact) mass is 309 g/mol. The van der Waals surface area contributed by atoms with E-state index in [0.29, 0.717) is 28.7 Å². The molecule has 0 aromatic heterocycles. The number of methoxy groups -OCH3 is 1. The minimum Gasteiger partial charge on any atom is -0.496 e. The molecule has 114 valence electrons. The third kappa shape index (κ3) is 5.39. The second-order valence-electron chi connectivity index (χ2n) is 4.27. The second-order valence-corrected chi connectivity index (χ2v) is 4.67. The molecule has 0 radical (unpaired) electrons. The first-order valence-electron chi connectivity index (χ1n) is 6.45. The van der Waals surface area contributed by atoms with Crippen molar-refractivity contribution in [2.24, 2.45) is 5.10 Å². The van der Waals surface area contributed by atoms with Gasteiger partial charge in [-0.15, -0.1) is 0 Å². The third-order valence-corrected chi connectivity index (χ3v) is 2.94. The second kappa shape index (κ2) is 8.21. The third-order valence-electron chi connectivity index (χ3n) is 2.70. The Morgan fingerprint density at radius 1 is 1.48 bits per heavy atom. The fourth-order valence-electron chi connectivity index (χ4n) is 1.70. The van der Waals surface area contributed by atoms with Crippen molar-refractivity contribution in [3.05, 3.63) is 29.3 Å². The zero-order chi connectivity index (χ0) is 15.8. The Balaban J connectivity index is 2.94. The summed E-state index contributed by atoms with van der Waals surface area (Å²) in [7, 11) is 1.51. The van der Waals surface area contributed by atoms with Crippen LogP contribution in [-0.2, 0) is 11.2 Å². The summed E-state index contributed by atoms with van der Waals surface area (Å²) in [6.45, 7) is 4.46. The fraction of sp³-hybridized carbons (Fsp3) is 0.357. The zero-order valence-corrected chi connectivity index (χ0v) is 13.1. The number of carboxylic acids is 1. The van der Waals surface area contributed by atoms with Crippen molar-refractivity contribution >= 4 is 29.0 Å². The number of ether oxygens (including phenoxy) is 1. The summed E-state index contributed by atoms with van der Waals surface area (Å²) in [6, 6.07) is 5.31. The predicted octanol–water partition coefficient (Wildman–Crippen LogP) is 1.53. The summed E-state index contributed by atoms with van der Waals surface area (Å²) in [5.74, 6) is -0.364. The lowest BCUT2D eigenvalue weighted by atomic mass is 10.0. The Kier molecular flexibility index (Phi) is 6.61. The predicted molar refractivity (Wildman–Crippen MR) is 86.0 cm³/mol. The summed E-state index contributed by atoms with van der Waals surface area (Å²) in [6.07, 6.45) is -0.104. The van der Waals surface area contributed by atoms with E-state index in [9.17, 15) is 4.79 Å². The number of carboxylic acid groups (broad SMARTS) is 1. The number of carbonyl (C=O) groups is 1. The van der Waals surface area contributed by atoms with Crippen LogP contribution in [0.2, 0.25) is 0 Å². The van der Waals surface area contributed by atoms with Crippen LogP contribution in [0.4, 0.5) is 0 Å². The van der Waals surface area contributed by atoms with Crippen LogP contribution in [0.3, 0.4) is 0 Å². The molecule has 0 aliphatic rings. The van der Waals surface area contributed by atoms with Crippen LogP contribution in [0, 0.1) is 0 Å². The van der Waals surface area contributed by atoms with Gasteiger partial charge >= 0.3 is 5.97 Å². The van der Waals surface area contributed by atoms with E-state index in [1.54, 1.807) is 12.1 Å². The van der Waals surface area contributed by atoms with Crippen LogP contribution in [0.25, 0.3) is 0 Å². The maximum absolute atomic E-state index is 10.9. The Bertz CT molecular complexity index is 558. The minimum absolute atomic E-state index is 0.104. The van der Waals surface area contributed by atoms with E-state index in [2.05, 4.69) is 15.8 Å². The van der Waals surface area contributed by atoms with Crippen molar-refractivity contribution < 1.29 is 14.6 Å². The average Bonchev–Trinajstić information content (AvgIpc) is 2.44. The maximum atomic E-state index is 10.9. The summed E-state index contributed by atoms with van der Waals surface area (Å²) in [4.78, 5) is 10.9. The number of nitrogens with one attached hydrogen (secondary N) is 2. The first kappa shape index (κ1) is 16.9. The molecule has 0 fully saturated rings. The highest BCUT2D eigenvalue weighted by molar-refractivity contribution is 7.80. The molecule has 0 saturated heterocycles. The molecule has 1 aromatic rings. The molecule has 0 amide bonds. The number of hydrazone groups is 1. The van der Waals surface area contributed by atoms with Gasteiger partial charge in [0.25, 0.3) is 0 Å². The lowest BCUT2D eigenvalue weighted by Gasteiger charge is -2.10. The summed E-state index contributed by atoms with van der Waals surface area (Å²) < 4.78 is 5.16. The normalized spacial score (nSPS) is 10.9. The van der Waals surface area contributed by atoms with Crippen LogP contribution in [0.1, 0.15) is 25.0 Å². The van der Waals surface area contributed by atoms with Crippen molar-refractivity contribution in [1.29, 1.82) is 0 Å². The molecule has 6 nitrogen and oxygen atoms in total. The molecule has 0 saturated carbocycles. The van der Waals surface area contributed by atoms with Crippen molar-refractivity contribution in [2.75, 3.05) is 13.7 Å². The van der Waals surface area contributed by atoms with E-state index in [-0.39, 0.29) is 6.42 Å². The summed E-state index contributed by atoms with van der Waals surface area (Å²) in [5, 5.41) is 16.5. The standard InChI is InChI=1S/C14H19N3O3S/c1-4-15-14(21)17-16-9(2)10-5-6-12(20-3)11(7-10)8-13(18)19/h5-7H,4,8H2,1-3H3,(H,18,19)(H2,15,17,21)/b16-9-. The number of hydrogen-bond acceptors (Lipinski definition) is 4. The molecule has 0 spiro atoms. The zero-order valence-electron chi connectivity index (χ0n) is 12.3. The lowest BCUT2D eigenvalue weighted by molar-refractivity contribution is -0.136. The average molecular weight is 309 g/mol. The molecule has 0 aliphatic carbocycles. The largest absolute Gasteiger partial charge is 0.496 e. The van der Waals surface area contributed by atoms with Crippen molar-refractivity contribution in [3.8, 4) is 5.75 Å². The molecule has 3 N–H and O–H groups in total. The number of thiocarbonyl (C=S) groups is 1. The van der Waals surface area contributed by atoms with Crippen LogP contribution >= 0.6 is 12.2 Å². The molecule has 0 aliphatic heterocycles. The molecule has 0 heterocycles. The van der Waals surface area contributed by atoms with Gasteiger partial charge in [-0.3, -0.25) is 10.2 Å². The molecule has 1 rings (SSSR count). The highest BCUT2D eigenvalue weighted by Gasteiger charge is 2.10. The number of rotatable bonds is 6. The minimum atomic E-state index is -0.911. The van der Waals surface area contributed by atoms with Gasteiger partial charge < -0.3 is 15.2 Å². The molecule has 21 heavy (non-hydrogen) atoms. The van der Waals surface area contributed by atoms with Gasteiger partial charge in [0.1, 0.15) is 5.75 Å². The number of aliphatic carboxylic acids is 1. The van der Waals surface area contributed by atoms with E-state index in [4.69, 9.17) is 22.1 Å². The molecule has 1 aromatic carbocycles. The number of nitrogens with zero attached hydrogens (tertiary/aromatic N) is 1. The van der Waals surface area contributed by atoms with Gasteiger partial charge in [0.05, 0.1) is 19.2 Å². The smallest absolute Gasteiger partial charge is 0.307 e. The maximum Gasteiger partial charge on any atom is 0.307 e. The highest BCUT2D eigenvalue weighted by atomic mass is 32.1. The molecule has 0 bridgehead atoms. The first-order chi connectivity index (χ1) is 9.97. The Morgan fingerprint density at radius 2 is 2.19 bits per heavy atom. The van der Waals surface area contributed by atoms with E-state index in [0.717, 1.165) is 5.56 Å². The number of benzene rings is 1. The van der Waals surface area contributed by atoms with Crippen LogP contribution in [-0.4, -0.2) is 35.6 Å². The molecule has 7 heteroatoms. The van der Waals surface area contributed by atoms with Crippen LogP contribution in [0.5, 0.6) is 5.75 Å². The summed E-state index contributed by atoms with van der Waals surface area (Å²) >= 11 is 5.02. The van der Waals surface area contributed by atoms with E-state index in [1.165, 1.54) is 7.11 Å². The van der Waals surface area contributed by atoms with E-state index >= 15 is 0 Å². The highest BCUT2D eigenvalue weighted by Crippen LogP contribution is 2.21. The molecule has 0 atom stereocenters. The van der Waals surface area contributed by atoms with E-state index < -0.39 is 5.97 Å². The first-order valence-corrected chi connectivity index (χ1v) is 6.86. The molecular weight excluding hydrogens is 290 g/mol. The summed E-state index contributed by atoms with van der Waals surface area (Å²) in [5.41, 5.74) is 4.84. The Morgan fingerprint density at radius 3 is 2.76 bits per heavy atom. The fourth-order valence-corrected chi connectivity index (χ4v) is 1.89. The van der Waals surface area contributed by atoms with Crippen molar-refractivity contribution in [1.82, 2.24) is 10.7 Å². The molecule has 0 unspecified atom stereocenters. The van der Waals surface area contributed by atoms with E-state index in [1.807, 2.05) is 19.9 Å². The number of hydrogen-bond donors (Lipinski definition) is 3. The van der Waals surface area contributed by atoms with Gasteiger partial charge in [-0.05, 0) is 49.8 Å². The topological polar surface area (TPSA) is 83.0 Å². The van der Waals surface area contributed by atoms with Gasteiger partial charge in [-0.25, -0.2) is 0 Å². The van der Waals surface area contributed by atoms with Crippen LogP contribution in [0.15, 0.2) is 23.3 Å². The molecular formula is C14H19N3O3S. The lowest BCUT2D eigenvalue weighted by Crippen LogP contribution is -2.32. The van der Waals surface area contributed by atoms with Gasteiger partial charge in [0, 0.05) is 12.1 Å². The Labute approximate surface area is 129 Å². The Hall–Kier alpha value is -2.15.